The van der Waals surface area contributed by atoms with Crippen LogP contribution in [0.25, 0.3) is 0 Å². The maximum absolute atomic E-state index is 13.0. The lowest BCUT2D eigenvalue weighted by Crippen LogP contribution is -2.46. The molecular weight excluding hydrogens is 305 g/mol. The van der Waals surface area contributed by atoms with Gasteiger partial charge in [0.1, 0.15) is 5.82 Å². The molecule has 0 bridgehead atoms. The second-order valence-corrected chi connectivity index (χ2v) is 5.90. The van der Waals surface area contributed by atoms with Crippen molar-refractivity contribution in [2.45, 2.75) is 6.92 Å². The Balaban J connectivity index is 1.74. The monoisotopic (exact) mass is 327 g/mol. The molecule has 2 aromatic carbocycles. The van der Waals surface area contributed by atoms with Crippen molar-refractivity contribution in [2.24, 2.45) is 0 Å². The summed E-state index contributed by atoms with van der Waals surface area (Å²) in [5.74, 6) is -0.574. The van der Waals surface area contributed by atoms with E-state index >= 15 is 0 Å². The Morgan fingerprint density at radius 1 is 1.04 bits per heavy atom. The number of carbonyl (C=O) groups is 1. The molecule has 0 atom stereocenters. The highest BCUT2D eigenvalue weighted by Crippen LogP contribution is 2.27. The van der Waals surface area contributed by atoms with Crippen LogP contribution >= 0.6 is 0 Å². The van der Waals surface area contributed by atoms with Crippen molar-refractivity contribution in [1.29, 1.82) is 0 Å². The molecule has 1 fully saturated rings. The van der Waals surface area contributed by atoms with Gasteiger partial charge in [0, 0.05) is 31.7 Å². The quantitative estimate of drug-likeness (QED) is 0.936. The first kappa shape index (κ1) is 16.5. The summed E-state index contributed by atoms with van der Waals surface area (Å²) in [6.45, 7) is 7.17. The predicted molar refractivity (Wildman–Crippen MR) is 95.1 cm³/mol. The van der Waals surface area contributed by atoms with Gasteiger partial charge in [0.05, 0.1) is 11.4 Å². The fourth-order valence-electron chi connectivity index (χ4n) is 2.96. The molecule has 3 rings (SSSR count). The molecule has 5 heteroatoms. The van der Waals surface area contributed by atoms with Crippen molar-refractivity contribution in [3.05, 3.63) is 59.9 Å². The molecule has 0 saturated carbocycles. The molecule has 24 heavy (non-hydrogen) atoms. The molecule has 1 saturated heterocycles. The van der Waals surface area contributed by atoms with Crippen molar-refractivity contribution in [3.8, 4) is 0 Å². The van der Waals surface area contributed by atoms with Crippen molar-refractivity contribution in [1.82, 2.24) is 4.90 Å². The zero-order valence-corrected chi connectivity index (χ0v) is 13.8. The number of nitrogens with one attached hydrogen (secondary N) is 1. The number of para-hydroxylation sites is 2. The third kappa shape index (κ3) is 3.74. The lowest BCUT2D eigenvalue weighted by Gasteiger charge is -2.36. The molecule has 126 valence electrons. The zero-order chi connectivity index (χ0) is 16.9. The highest BCUT2D eigenvalue weighted by Gasteiger charge is 2.19. The molecule has 0 spiro atoms. The van der Waals surface area contributed by atoms with Gasteiger partial charge in [-0.15, -0.1) is 0 Å². The number of hydrogen-bond acceptors (Lipinski definition) is 3. The van der Waals surface area contributed by atoms with Crippen molar-refractivity contribution < 1.29 is 9.18 Å². The van der Waals surface area contributed by atoms with E-state index in [4.69, 9.17) is 0 Å². The fourth-order valence-corrected chi connectivity index (χ4v) is 2.96. The van der Waals surface area contributed by atoms with Crippen LogP contribution in [0.1, 0.15) is 17.3 Å². The maximum Gasteiger partial charge on any atom is 0.255 e. The van der Waals surface area contributed by atoms with Crippen LogP contribution in [0.15, 0.2) is 48.5 Å². The summed E-state index contributed by atoms with van der Waals surface area (Å²) in [6.07, 6.45) is 0. The summed E-state index contributed by atoms with van der Waals surface area (Å²) < 4.78 is 13.0. The van der Waals surface area contributed by atoms with Gasteiger partial charge in [0.15, 0.2) is 0 Å². The lowest BCUT2D eigenvalue weighted by atomic mass is 10.1. The molecule has 1 aliphatic heterocycles. The molecule has 0 radical (unpaired) electrons. The largest absolute Gasteiger partial charge is 0.367 e. The Hall–Kier alpha value is -2.40. The average Bonchev–Trinajstić information content (AvgIpc) is 2.63. The molecule has 1 heterocycles. The normalized spacial score (nSPS) is 15.3. The van der Waals surface area contributed by atoms with Crippen LogP contribution in [-0.4, -0.2) is 43.5 Å². The van der Waals surface area contributed by atoms with Gasteiger partial charge in [0.2, 0.25) is 0 Å². The Kier molecular flexibility index (Phi) is 5.11. The van der Waals surface area contributed by atoms with Gasteiger partial charge >= 0.3 is 0 Å². The third-order valence-corrected chi connectivity index (χ3v) is 4.42. The van der Waals surface area contributed by atoms with E-state index in [1.807, 2.05) is 24.3 Å². The summed E-state index contributed by atoms with van der Waals surface area (Å²) in [5, 5.41) is 2.95. The highest BCUT2D eigenvalue weighted by atomic mass is 19.1. The van der Waals surface area contributed by atoms with Crippen LogP contribution in [0.2, 0.25) is 0 Å². The van der Waals surface area contributed by atoms with E-state index in [0.29, 0.717) is 5.56 Å². The van der Waals surface area contributed by atoms with Gasteiger partial charge in [-0.3, -0.25) is 4.79 Å². The standard InChI is InChI=1S/C19H22FN3O/c1-2-22-11-13-23(14-12-22)18-6-4-3-5-17(18)21-19(24)15-7-9-16(20)10-8-15/h3-10H,2,11-14H2,1H3,(H,21,24). The molecular formula is C19H22FN3O. The smallest absolute Gasteiger partial charge is 0.255 e. The van der Waals surface area contributed by atoms with E-state index in [1.54, 1.807) is 0 Å². The first-order valence-corrected chi connectivity index (χ1v) is 8.30. The molecule has 4 nitrogen and oxygen atoms in total. The average molecular weight is 327 g/mol. The molecule has 1 N–H and O–H groups in total. The Labute approximate surface area is 141 Å². The number of anilines is 2. The maximum atomic E-state index is 13.0. The van der Waals surface area contributed by atoms with E-state index in [9.17, 15) is 9.18 Å². The number of piperazine rings is 1. The first-order valence-electron chi connectivity index (χ1n) is 8.30. The summed E-state index contributed by atoms with van der Waals surface area (Å²) in [7, 11) is 0. The highest BCUT2D eigenvalue weighted by molar-refractivity contribution is 6.05. The SMILES string of the molecule is CCN1CCN(c2ccccc2NC(=O)c2ccc(F)cc2)CC1. The number of amides is 1. The minimum atomic E-state index is -0.347. The Morgan fingerprint density at radius 2 is 1.71 bits per heavy atom. The minimum absolute atomic E-state index is 0.227. The number of likely N-dealkylation sites (N-methyl/N-ethyl adjacent to an activating group) is 1. The Bertz CT molecular complexity index is 694. The number of hydrogen-bond donors (Lipinski definition) is 1. The van der Waals surface area contributed by atoms with Gasteiger partial charge in [-0.1, -0.05) is 19.1 Å². The summed E-state index contributed by atoms with van der Waals surface area (Å²) in [5.41, 5.74) is 2.27. The van der Waals surface area contributed by atoms with E-state index in [1.165, 1.54) is 24.3 Å². The van der Waals surface area contributed by atoms with Crippen molar-refractivity contribution in [3.63, 3.8) is 0 Å². The molecule has 0 unspecified atom stereocenters. The van der Waals surface area contributed by atoms with Crippen molar-refractivity contribution in [2.75, 3.05) is 42.9 Å². The summed E-state index contributed by atoms with van der Waals surface area (Å²) in [6, 6.07) is 13.4. The van der Waals surface area contributed by atoms with Crippen LogP contribution in [0, 0.1) is 5.82 Å². The van der Waals surface area contributed by atoms with Crippen molar-refractivity contribution >= 4 is 17.3 Å². The predicted octanol–water partition coefficient (Wildman–Crippen LogP) is 3.22. The second kappa shape index (κ2) is 7.45. The van der Waals surface area contributed by atoms with Gasteiger partial charge < -0.3 is 15.1 Å². The van der Waals surface area contributed by atoms with Gasteiger partial charge in [-0.25, -0.2) is 4.39 Å². The summed E-state index contributed by atoms with van der Waals surface area (Å²) in [4.78, 5) is 17.1. The van der Waals surface area contributed by atoms with Crippen LogP contribution in [0.5, 0.6) is 0 Å². The fraction of sp³-hybridized carbons (Fsp3) is 0.316. The number of rotatable bonds is 4. The van der Waals surface area contributed by atoms with Crippen LogP contribution in [0.3, 0.4) is 0 Å². The number of halogens is 1. The minimum Gasteiger partial charge on any atom is -0.367 e. The van der Waals surface area contributed by atoms with Crippen LogP contribution in [-0.2, 0) is 0 Å². The lowest BCUT2D eigenvalue weighted by molar-refractivity contribution is 0.102. The molecule has 2 aromatic rings. The van der Waals surface area contributed by atoms with Crippen LogP contribution in [0.4, 0.5) is 15.8 Å². The number of nitrogens with zero attached hydrogens (tertiary/aromatic N) is 2. The number of carbonyl (C=O) groups excluding carboxylic acids is 1. The topological polar surface area (TPSA) is 35.6 Å². The van der Waals surface area contributed by atoms with Gasteiger partial charge in [-0.05, 0) is 42.9 Å². The van der Waals surface area contributed by atoms with E-state index in [2.05, 4.69) is 22.0 Å². The molecule has 0 aliphatic carbocycles. The van der Waals surface area contributed by atoms with Gasteiger partial charge in [-0.2, -0.15) is 0 Å². The van der Waals surface area contributed by atoms with E-state index in [0.717, 1.165) is 44.1 Å². The second-order valence-electron chi connectivity index (χ2n) is 5.90. The number of benzene rings is 2. The van der Waals surface area contributed by atoms with E-state index < -0.39 is 0 Å². The zero-order valence-electron chi connectivity index (χ0n) is 13.8. The van der Waals surface area contributed by atoms with E-state index in [-0.39, 0.29) is 11.7 Å². The van der Waals surface area contributed by atoms with Gasteiger partial charge in [0.25, 0.3) is 5.91 Å². The molecule has 1 amide bonds. The Morgan fingerprint density at radius 3 is 2.38 bits per heavy atom. The van der Waals surface area contributed by atoms with Crippen LogP contribution < -0.4 is 10.2 Å². The third-order valence-electron chi connectivity index (χ3n) is 4.42. The first-order chi connectivity index (χ1) is 11.7. The summed E-state index contributed by atoms with van der Waals surface area (Å²) >= 11 is 0. The molecule has 1 aliphatic rings. The molecule has 0 aromatic heterocycles.